The van der Waals surface area contributed by atoms with E-state index in [0.717, 1.165) is 4.57 Å². The summed E-state index contributed by atoms with van der Waals surface area (Å²) in [4.78, 5) is 59.9. The van der Waals surface area contributed by atoms with Crippen molar-refractivity contribution >= 4 is 37.1 Å². The molecule has 1 aromatic rings. The largest absolute Gasteiger partial charge is 1.00 e. The molecule has 27 heteroatoms. The summed E-state index contributed by atoms with van der Waals surface area (Å²) in [6.07, 6.45) is -2.75. The molecule has 1 aliphatic heterocycles. The fourth-order valence-corrected chi connectivity index (χ4v) is 6.76. The van der Waals surface area contributed by atoms with Crippen LogP contribution in [-0.2, 0) is 40.5 Å². The molecule has 192 valence electrons. The number of nitrogen functional groups attached to an aromatic ring is 1. The van der Waals surface area contributed by atoms with Gasteiger partial charge in [0.1, 0.15) is 18.1 Å². The van der Waals surface area contributed by atoms with Crippen molar-refractivity contribution in [3.63, 3.8) is 0 Å². The van der Waals surface area contributed by atoms with Gasteiger partial charge in [0.05, 0.1) is 12.7 Å². The molecule has 2 heterocycles. The topological polar surface area (TPSA) is 297 Å². The minimum absolute atomic E-state index is 0. The average molecular weight is 643 g/mol. The van der Waals surface area contributed by atoms with E-state index < -0.39 is 62.0 Å². The first kappa shape index (κ1) is 43.6. The monoisotopic (exact) mass is 643 g/mol. The number of hydrogen-bond acceptors (Lipinski definition) is 13. The molecule has 0 bridgehead atoms. The van der Waals surface area contributed by atoms with Crippen LogP contribution >= 0.6 is 31.3 Å². The summed E-state index contributed by atoms with van der Waals surface area (Å²) in [5.41, 5.74) is 4.54. The van der Waals surface area contributed by atoms with Crippen molar-refractivity contribution < 1.29 is 194 Å². The van der Waals surface area contributed by atoms with E-state index in [4.69, 9.17) is 25.2 Å². The van der Waals surface area contributed by atoms with Crippen molar-refractivity contribution in [2.45, 2.75) is 24.9 Å². The maximum atomic E-state index is 11.8. The molecular formula is C9H21N3Na4O16P4. The van der Waals surface area contributed by atoms with Gasteiger partial charge in [0.2, 0.25) is 0 Å². The van der Waals surface area contributed by atoms with Crippen LogP contribution in [0.3, 0.4) is 0 Å². The number of hydrogen-bond donors (Lipinski definition) is 7. The number of nitrogens with zero attached hydrogens (tertiary/aromatic N) is 2. The maximum absolute atomic E-state index is 11.8. The molecule has 2 rings (SSSR count). The smallest absolute Gasteiger partial charge is 1.00 e. The molecule has 3 unspecified atom stereocenters. The molecule has 0 aliphatic carbocycles. The molecule has 0 amide bonds. The number of phosphoric ester groups is 1. The molecule has 36 heavy (non-hydrogen) atoms. The number of aliphatic hydroxyl groups excluding tert-OH is 1. The van der Waals surface area contributed by atoms with E-state index in [1.807, 2.05) is 0 Å². The normalized spacial score (nSPS) is 24.3. The van der Waals surface area contributed by atoms with Crippen LogP contribution in [-0.4, -0.2) is 57.9 Å². The van der Waals surface area contributed by atoms with Gasteiger partial charge in [0.25, 0.3) is 0 Å². The SMILES string of the molecule is Nc1ccn([C@H]2C[C@H](O)[C@@H](COP(=O)(O)OP(=O)(O)OP(=O)(O)OP(=O)(O)O)O2)c(=O)n1.[H-].[H-].[H-].[H-].[Na+].[Na+].[Na+].[Na+]. The van der Waals surface area contributed by atoms with Gasteiger partial charge in [-0.2, -0.15) is 17.9 Å². The van der Waals surface area contributed by atoms with Crippen LogP contribution < -0.4 is 130 Å². The molecule has 1 aliphatic rings. The van der Waals surface area contributed by atoms with Crippen LogP contribution in [0.15, 0.2) is 17.1 Å². The third kappa shape index (κ3) is 15.4. The fraction of sp³-hybridized carbons (Fsp3) is 0.556. The summed E-state index contributed by atoms with van der Waals surface area (Å²) in [5.74, 6) is -0.0719. The zero-order valence-electron chi connectivity index (χ0n) is 23.3. The van der Waals surface area contributed by atoms with Gasteiger partial charge < -0.3 is 45.8 Å². The van der Waals surface area contributed by atoms with Crippen molar-refractivity contribution in [2.24, 2.45) is 0 Å². The number of phosphoric acid groups is 4. The molecule has 1 fully saturated rings. The van der Waals surface area contributed by atoms with Gasteiger partial charge in [-0.25, -0.2) is 23.1 Å². The van der Waals surface area contributed by atoms with Crippen LogP contribution in [0.5, 0.6) is 0 Å². The van der Waals surface area contributed by atoms with Crippen molar-refractivity contribution in [3.05, 3.63) is 22.7 Å². The van der Waals surface area contributed by atoms with Gasteiger partial charge in [-0.05, 0) is 6.07 Å². The minimum Gasteiger partial charge on any atom is -1.00 e. The molecule has 1 saturated heterocycles. The summed E-state index contributed by atoms with van der Waals surface area (Å²) in [5, 5.41) is 9.99. The van der Waals surface area contributed by atoms with E-state index in [1.54, 1.807) is 0 Å². The molecule has 0 spiro atoms. The van der Waals surface area contributed by atoms with Crippen LogP contribution in [0.4, 0.5) is 5.82 Å². The second-order valence-corrected chi connectivity index (χ2v) is 11.9. The van der Waals surface area contributed by atoms with E-state index in [2.05, 4.69) is 22.4 Å². The van der Waals surface area contributed by atoms with Gasteiger partial charge in [-0.15, -0.1) is 0 Å². The Kier molecular flexibility index (Phi) is 21.0. The van der Waals surface area contributed by atoms with Gasteiger partial charge in [0, 0.05) is 12.6 Å². The van der Waals surface area contributed by atoms with Crippen molar-refractivity contribution in [1.29, 1.82) is 0 Å². The minimum atomic E-state index is -5.96. The summed E-state index contributed by atoms with van der Waals surface area (Å²) in [7, 11) is -23.1. The van der Waals surface area contributed by atoms with Gasteiger partial charge in [-0.1, -0.05) is 0 Å². The average Bonchev–Trinajstić information content (AvgIpc) is 2.89. The summed E-state index contributed by atoms with van der Waals surface area (Å²) in [6, 6.07) is 1.27. The number of ether oxygens (including phenoxy) is 1. The molecule has 19 nitrogen and oxygen atoms in total. The number of nitrogens with two attached hydrogens (primary N) is 1. The van der Waals surface area contributed by atoms with Crippen LogP contribution in [0, 0.1) is 0 Å². The summed E-state index contributed by atoms with van der Waals surface area (Å²) < 4.78 is 66.2. The predicted molar refractivity (Wildman–Crippen MR) is 103 cm³/mol. The number of rotatable bonds is 10. The van der Waals surface area contributed by atoms with E-state index in [-0.39, 0.29) is 136 Å². The third-order valence-corrected chi connectivity index (χ3v) is 8.84. The van der Waals surface area contributed by atoms with Gasteiger partial charge >= 0.3 is 155 Å². The molecular weight excluding hydrogens is 622 g/mol. The Morgan fingerprint density at radius 3 is 2.00 bits per heavy atom. The van der Waals surface area contributed by atoms with Crippen molar-refractivity contribution in [2.75, 3.05) is 12.3 Å². The second kappa shape index (κ2) is 17.3. The predicted octanol–water partition coefficient (Wildman–Crippen LogP) is -12.6. The van der Waals surface area contributed by atoms with Crippen molar-refractivity contribution in [1.82, 2.24) is 9.55 Å². The number of aliphatic hydroxyl groups is 1. The van der Waals surface area contributed by atoms with Crippen LogP contribution in [0.1, 0.15) is 18.4 Å². The number of aromatic nitrogens is 2. The van der Waals surface area contributed by atoms with Crippen molar-refractivity contribution in [3.8, 4) is 0 Å². The first-order valence-corrected chi connectivity index (χ1v) is 13.9. The second-order valence-electron chi connectivity index (χ2n) is 5.91. The maximum Gasteiger partial charge on any atom is 1.00 e. The standard InChI is InChI=1S/C9H17N3O16P4.4Na.4H/c10-7-1-2-12(9(14)11-7)8-3-5(13)6(25-8)4-24-30(18,19)27-32(22,23)28-31(20,21)26-29(15,16)17;;;;;;;;/h1-2,5-6,8,13H,3-4H2,(H,18,19)(H,20,21)(H,22,23)(H2,10,11,14)(H2,15,16,17);;;;;;;;/q;4*+1;4*-1/t5-,6+,8+;;;;;;;;/m0......../s1. The Balaban J connectivity index is -0.000000272. The molecule has 0 aromatic carbocycles. The summed E-state index contributed by atoms with van der Waals surface area (Å²) in [6.45, 7) is -0.946. The quantitative estimate of drug-likeness (QED) is 0.0920. The Hall–Kier alpha value is 3.16. The van der Waals surface area contributed by atoms with E-state index >= 15 is 0 Å². The Morgan fingerprint density at radius 2 is 1.50 bits per heavy atom. The molecule has 1 aromatic heterocycles. The van der Waals surface area contributed by atoms with E-state index in [0.29, 0.717) is 0 Å². The van der Waals surface area contributed by atoms with E-state index in [1.165, 1.54) is 12.3 Å². The zero-order chi connectivity index (χ0) is 24.5. The first-order chi connectivity index (χ1) is 14.4. The van der Waals surface area contributed by atoms with E-state index in [9.17, 15) is 37.9 Å². The molecule has 0 radical (unpaired) electrons. The van der Waals surface area contributed by atoms with Gasteiger partial charge in [-0.3, -0.25) is 9.09 Å². The zero-order valence-corrected chi connectivity index (χ0v) is 30.9. The molecule has 8 N–H and O–H groups in total. The Morgan fingerprint density at radius 1 is 1.00 bits per heavy atom. The van der Waals surface area contributed by atoms with Gasteiger partial charge in [0.15, 0.2) is 0 Å². The number of anilines is 1. The Bertz CT molecular complexity index is 1120. The third-order valence-electron chi connectivity index (χ3n) is 3.39. The first-order valence-electron chi connectivity index (χ1n) is 7.89. The summed E-state index contributed by atoms with van der Waals surface area (Å²) >= 11 is 0. The molecule has 6 atom stereocenters. The van der Waals surface area contributed by atoms with Crippen LogP contribution in [0.2, 0.25) is 0 Å². The van der Waals surface area contributed by atoms with Crippen LogP contribution in [0.25, 0.3) is 0 Å². The Labute approximate surface area is 297 Å². The molecule has 0 saturated carbocycles. The fourth-order valence-electron chi connectivity index (χ4n) is 2.30.